The monoisotopic (exact) mass is 245 g/mol. The minimum absolute atomic E-state index is 0.298. The van der Waals surface area contributed by atoms with Gasteiger partial charge in [0.15, 0.2) is 0 Å². The Balaban J connectivity index is 2.59. The van der Waals surface area contributed by atoms with Crippen molar-refractivity contribution in [1.29, 1.82) is 0 Å². The van der Waals surface area contributed by atoms with Crippen molar-refractivity contribution in [1.82, 2.24) is 0 Å². The molecule has 0 aliphatic heterocycles. The highest BCUT2D eigenvalue weighted by Gasteiger charge is 2.27. The summed E-state index contributed by atoms with van der Waals surface area (Å²) in [6, 6.07) is 7.75. The first-order valence-electron chi connectivity index (χ1n) is 4.76. The number of azide groups is 1. The SMILES string of the molecule is [N-]=[N+]=NC(COCC(F)(F)F)c1ccccc1. The van der Waals surface area contributed by atoms with Crippen LogP contribution in [0.25, 0.3) is 10.4 Å². The molecule has 0 heterocycles. The molecule has 1 aromatic rings. The van der Waals surface area contributed by atoms with Crippen molar-refractivity contribution in [3.63, 3.8) is 0 Å². The molecule has 0 aliphatic carbocycles. The van der Waals surface area contributed by atoms with E-state index in [1.165, 1.54) is 0 Å². The van der Waals surface area contributed by atoms with E-state index in [4.69, 9.17) is 5.53 Å². The van der Waals surface area contributed by atoms with Crippen LogP contribution in [0.4, 0.5) is 13.2 Å². The Morgan fingerprint density at radius 2 is 1.94 bits per heavy atom. The van der Waals surface area contributed by atoms with Crippen LogP contribution in [-0.4, -0.2) is 19.4 Å². The van der Waals surface area contributed by atoms with Crippen LogP contribution in [0, 0.1) is 0 Å². The van der Waals surface area contributed by atoms with E-state index in [0.29, 0.717) is 5.56 Å². The summed E-state index contributed by atoms with van der Waals surface area (Å²) in [5, 5.41) is 3.40. The first kappa shape index (κ1) is 13.3. The highest BCUT2D eigenvalue weighted by Crippen LogP contribution is 2.20. The van der Waals surface area contributed by atoms with Crippen molar-refractivity contribution in [2.24, 2.45) is 5.11 Å². The van der Waals surface area contributed by atoms with Gasteiger partial charge in [-0.3, -0.25) is 0 Å². The highest BCUT2D eigenvalue weighted by molar-refractivity contribution is 5.19. The molecule has 4 nitrogen and oxygen atoms in total. The van der Waals surface area contributed by atoms with Crippen LogP contribution < -0.4 is 0 Å². The molecule has 0 spiro atoms. The molecule has 0 amide bonds. The predicted octanol–water partition coefficient (Wildman–Crippen LogP) is 3.62. The molecule has 92 valence electrons. The third-order valence-corrected chi connectivity index (χ3v) is 1.92. The molecule has 0 aromatic heterocycles. The van der Waals surface area contributed by atoms with Gasteiger partial charge in [-0.25, -0.2) is 0 Å². The van der Waals surface area contributed by atoms with Crippen LogP contribution in [0.3, 0.4) is 0 Å². The van der Waals surface area contributed by atoms with Gasteiger partial charge >= 0.3 is 6.18 Å². The lowest BCUT2D eigenvalue weighted by molar-refractivity contribution is -0.174. The Kier molecular flexibility index (Phi) is 4.81. The van der Waals surface area contributed by atoms with Gasteiger partial charge < -0.3 is 4.74 Å². The average Bonchev–Trinajstić information content (AvgIpc) is 2.27. The number of hydrogen-bond acceptors (Lipinski definition) is 2. The molecule has 0 N–H and O–H groups in total. The summed E-state index contributed by atoms with van der Waals surface area (Å²) in [6.45, 7) is -1.65. The van der Waals surface area contributed by atoms with Crippen LogP contribution in [0.5, 0.6) is 0 Å². The fourth-order valence-corrected chi connectivity index (χ4v) is 1.22. The molecule has 1 rings (SSSR count). The number of alkyl halides is 3. The summed E-state index contributed by atoms with van der Waals surface area (Å²) in [7, 11) is 0. The smallest absolute Gasteiger partial charge is 0.371 e. The predicted molar refractivity (Wildman–Crippen MR) is 55.2 cm³/mol. The van der Waals surface area contributed by atoms with Crippen LogP contribution in [0.1, 0.15) is 11.6 Å². The third kappa shape index (κ3) is 5.24. The fourth-order valence-electron chi connectivity index (χ4n) is 1.22. The molecule has 0 radical (unpaired) electrons. The molecule has 1 atom stereocenters. The van der Waals surface area contributed by atoms with Gasteiger partial charge in [0, 0.05) is 4.91 Å². The van der Waals surface area contributed by atoms with E-state index in [9.17, 15) is 13.2 Å². The van der Waals surface area contributed by atoms with Crippen molar-refractivity contribution in [2.45, 2.75) is 12.2 Å². The molecule has 0 aliphatic rings. The summed E-state index contributed by atoms with van der Waals surface area (Å²) < 4.78 is 40.1. The zero-order chi connectivity index (χ0) is 12.7. The maximum Gasteiger partial charge on any atom is 0.411 e. The van der Waals surface area contributed by atoms with Gasteiger partial charge in [0.1, 0.15) is 6.61 Å². The Hall–Kier alpha value is -1.72. The summed E-state index contributed by atoms with van der Waals surface area (Å²) in [4.78, 5) is 2.59. The van der Waals surface area contributed by atoms with E-state index in [0.717, 1.165) is 0 Å². The van der Waals surface area contributed by atoms with Gasteiger partial charge in [0.2, 0.25) is 0 Å². The fraction of sp³-hybridized carbons (Fsp3) is 0.400. The number of ether oxygens (including phenoxy) is 1. The Morgan fingerprint density at radius 3 is 2.47 bits per heavy atom. The Morgan fingerprint density at radius 1 is 1.29 bits per heavy atom. The quantitative estimate of drug-likeness (QED) is 0.444. The third-order valence-electron chi connectivity index (χ3n) is 1.92. The number of nitrogens with zero attached hydrogens (tertiary/aromatic N) is 3. The molecule has 1 unspecified atom stereocenters. The number of halogens is 3. The van der Waals surface area contributed by atoms with Crippen LogP contribution in [-0.2, 0) is 4.74 Å². The van der Waals surface area contributed by atoms with Crippen molar-refractivity contribution in [3.05, 3.63) is 46.3 Å². The Labute approximate surface area is 95.6 Å². The van der Waals surface area contributed by atoms with E-state index in [1.54, 1.807) is 30.3 Å². The lowest BCUT2D eigenvalue weighted by Gasteiger charge is -2.13. The zero-order valence-corrected chi connectivity index (χ0v) is 8.76. The van der Waals surface area contributed by atoms with Crippen LogP contribution in [0.2, 0.25) is 0 Å². The molecular weight excluding hydrogens is 235 g/mol. The molecule has 17 heavy (non-hydrogen) atoms. The number of hydrogen-bond donors (Lipinski definition) is 0. The second-order valence-corrected chi connectivity index (χ2v) is 3.26. The van der Waals surface area contributed by atoms with E-state index in [2.05, 4.69) is 14.8 Å². The number of rotatable bonds is 5. The van der Waals surface area contributed by atoms with Crippen LogP contribution >= 0.6 is 0 Å². The standard InChI is InChI=1S/C10H10F3N3O/c11-10(12,13)7-17-6-9(15-16-14)8-4-2-1-3-5-8/h1-5,9H,6-7H2. The molecule has 0 bridgehead atoms. The van der Waals surface area contributed by atoms with Gasteiger partial charge in [-0.15, -0.1) is 0 Å². The molecule has 7 heteroatoms. The largest absolute Gasteiger partial charge is 0.411 e. The lowest BCUT2D eigenvalue weighted by atomic mass is 10.1. The zero-order valence-electron chi connectivity index (χ0n) is 8.76. The van der Waals surface area contributed by atoms with E-state index in [1.807, 2.05) is 0 Å². The van der Waals surface area contributed by atoms with Gasteiger partial charge in [0.25, 0.3) is 0 Å². The number of benzene rings is 1. The lowest BCUT2D eigenvalue weighted by Crippen LogP contribution is -2.19. The summed E-state index contributed by atoms with van der Waals surface area (Å²) >= 11 is 0. The van der Waals surface area contributed by atoms with Crippen molar-refractivity contribution >= 4 is 0 Å². The molecular formula is C10H10F3N3O. The van der Waals surface area contributed by atoms with E-state index in [-0.39, 0.29) is 6.61 Å². The minimum Gasteiger partial charge on any atom is -0.371 e. The maximum absolute atomic E-state index is 11.9. The highest BCUT2D eigenvalue weighted by atomic mass is 19.4. The summed E-state index contributed by atoms with van der Waals surface area (Å²) in [5.41, 5.74) is 8.96. The molecule has 0 saturated heterocycles. The summed E-state index contributed by atoms with van der Waals surface area (Å²) in [6.07, 6.45) is -4.38. The second kappa shape index (κ2) is 6.12. The molecule has 0 fully saturated rings. The average molecular weight is 245 g/mol. The van der Waals surface area contributed by atoms with Gasteiger partial charge in [-0.1, -0.05) is 35.4 Å². The first-order valence-corrected chi connectivity index (χ1v) is 4.76. The van der Waals surface area contributed by atoms with E-state index < -0.39 is 18.8 Å². The summed E-state index contributed by atoms with van der Waals surface area (Å²) in [5.74, 6) is 0. The minimum atomic E-state index is -4.38. The van der Waals surface area contributed by atoms with Crippen molar-refractivity contribution in [2.75, 3.05) is 13.2 Å². The second-order valence-electron chi connectivity index (χ2n) is 3.26. The first-order chi connectivity index (χ1) is 8.03. The van der Waals surface area contributed by atoms with Crippen LogP contribution in [0.15, 0.2) is 35.4 Å². The molecule has 1 aromatic carbocycles. The van der Waals surface area contributed by atoms with Gasteiger partial charge in [-0.2, -0.15) is 13.2 Å². The Bertz CT molecular complexity index is 388. The maximum atomic E-state index is 11.9. The van der Waals surface area contributed by atoms with Crippen molar-refractivity contribution in [3.8, 4) is 0 Å². The van der Waals surface area contributed by atoms with E-state index >= 15 is 0 Å². The molecule has 0 saturated carbocycles. The topological polar surface area (TPSA) is 58.0 Å². The normalized spacial score (nSPS) is 12.9. The van der Waals surface area contributed by atoms with Gasteiger partial charge in [0.05, 0.1) is 12.6 Å². The van der Waals surface area contributed by atoms with Gasteiger partial charge in [-0.05, 0) is 11.1 Å². The van der Waals surface area contributed by atoms with Crippen molar-refractivity contribution < 1.29 is 17.9 Å².